The molecule has 3 aromatic carbocycles. The Balaban J connectivity index is 0.00000182. The molecule has 0 aliphatic carbocycles. The zero-order chi connectivity index (χ0) is 17.9. The van der Waals surface area contributed by atoms with Crippen LogP contribution in [0.2, 0.25) is 0 Å². The summed E-state index contributed by atoms with van der Waals surface area (Å²) in [5.41, 5.74) is 0. The Morgan fingerprint density at radius 1 is 0.704 bits per heavy atom. The number of hydrogen-bond donors (Lipinski definition) is 0. The van der Waals surface area contributed by atoms with Crippen LogP contribution in [0, 0.1) is 7.43 Å². The molecule has 0 heterocycles. The first-order chi connectivity index (χ1) is 12.0. The fourth-order valence-electron chi connectivity index (χ4n) is 2.99. The minimum atomic E-state index is -1.90. The third-order valence-electron chi connectivity index (χ3n) is 4.25. The van der Waals surface area contributed by atoms with Crippen molar-refractivity contribution in [2.24, 2.45) is 0 Å². The summed E-state index contributed by atoms with van der Waals surface area (Å²) in [6.45, 7) is 6.22. The van der Waals surface area contributed by atoms with Crippen molar-refractivity contribution in [1.29, 1.82) is 0 Å². The van der Waals surface area contributed by atoms with Crippen molar-refractivity contribution in [3.8, 4) is 0 Å². The molecular weight excluding hydrogens is 413 g/mol. The van der Waals surface area contributed by atoms with Crippen LogP contribution in [0.15, 0.2) is 84.9 Å². The van der Waals surface area contributed by atoms with E-state index >= 15 is 0 Å². The van der Waals surface area contributed by atoms with E-state index in [0.29, 0.717) is 0 Å². The molecule has 0 radical (unpaired) electrons. The van der Waals surface area contributed by atoms with Gasteiger partial charge in [-0.25, -0.2) is 0 Å². The van der Waals surface area contributed by atoms with Gasteiger partial charge in [-0.1, -0.05) is 69.3 Å². The molecule has 0 bridgehead atoms. The third kappa shape index (κ3) is 5.65. The second kappa shape index (κ2) is 10.4. The molecule has 146 valence electrons. The summed E-state index contributed by atoms with van der Waals surface area (Å²) in [5.74, 6) is 0. The predicted molar refractivity (Wildman–Crippen MR) is 121 cm³/mol. The van der Waals surface area contributed by atoms with E-state index < -0.39 is 15.7 Å². The van der Waals surface area contributed by atoms with Crippen LogP contribution in [-0.2, 0) is 21.1 Å². The SMILES string of the molecule is CC(C)(C)[PH](=O)c1ccccc1[PH+](c1ccccc1)c1ccccc1.[CH3-].[Ni]. The Kier molecular flexibility index (Phi) is 9.17. The Hall–Kier alpha value is -1.19. The predicted octanol–water partition coefficient (Wildman–Crippen LogP) is 4.61. The maximum Gasteiger partial charge on any atom is 0.113 e. The van der Waals surface area contributed by atoms with Crippen molar-refractivity contribution in [3.63, 3.8) is 0 Å². The van der Waals surface area contributed by atoms with Gasteiger partial charge in [0.25, 0.3) is 0 Å². The van der Waals surface area contributed by atoms with Crippen molar-refractivity contribution in [2.75, 3.05) is 0 Å². The zero-order valence-corrected chi connectivity index (χ0v) is 19.3. The van der Waals surface area contributed by atoms with Crippen molar-refractivity contribution >= 4 is 36.9 Å². The molecule has 1 atom stereocenters. The van der Waals surface area contributed by atoms with Crippen LogP contribution < -0.4 is 21.2 Å². The normalized spacial score (nSPS) is 12.0. The van der Waals surface area contributed by atoms with Gasteiger partial charge in [-0.2, -0.15) is 0 Å². The van der Waals surface area contributed by atoms with Crippen LogP contribution in [-0.4, -0.2) is 5.16 Å². The first kappa shape index (κ1) is 23.9. The van der Waals surface area contributed by atoms with Gasteiger partial charge < -0.3 is 12.0 Å². The summed E-state index contributed by atoms with van der Waals surface area (Å²) in [5, 5.41) is 4.75. The molecule has 0 saturated carbocycles. The van der Waals surface area contributed by atoms with Gasteiger partial charge in [-0.3, -0.25) is 0 Å². The first-order valence-electron chi connectivity index (χ1n) is 8.60. The minimum Gasteiger partial charge on any atom is -0.358 e. The quantitative estimate of drug-likeness (QED) is 0.329. The van der Waals surface area contributed by atoms with Crippen LogP contribution in [0.5, 0.6) is 0 Å². The van der Waals surface area contributed by atoms with Crippen molar-refractivity contribution < 1.29 is 21.1 Å². The van der Waals surface area contributed by atoms with E-state index in [-0.39, 0.29) is 29.1 Å². The molecule has 4 heteroatoms. The summed E-state index contributed by atoms with van der Waals surface area (Å²) < 4.78 is 13.3. The summed E-state index contributed by atoms with van der Waals surface area (Å²) in [6.07, 6.45) is 0. The van der Waals surface area contributed by atoms with Crippen LogP contribution >= 0.6 is 15.7 Å². The summed E-state index contributed by atoms with van der Waals surface area (Å²) in [6, 6.07) is 29.6. The Bertz CT molecular complexity index is 819. The van der Waals surface area contributed by atoms with Gasteiger partial charge in [-0.15, -0.1) is 0 Å². The van der Waals surface area contributed by atoms with E-state index in [4.69, 9.17) is 0 Å². The molecule has 3 aromatic rings. The smallest absolute Gasteiger partial charge is 0.113 e. The summed E-state index contributed by atoms with van der Waals surface area (Å²) in [7, 11) is -3.08. The van der Waals surface area contributed by atoms with Gasteiger partial charge in [0.1, 0.15) is 23.7 Å². The van der Waals surface area contributed by atoms with Crippen LogP contribution in [0.1, 0.15) is 20.8 Å². The van der Waals surface area contributed by atoms with Gasteiger partial charge in [-0.05, 0) is 36.4 Å². The second-order valence-electron chi connectivity index (χ2n) is 7.23. The second-order valence-corrected chi connectivity index (χ2v) is 12.4. The summed E-state index contributed by atoms with van der Waals surface area (Å²) in [4.78, 5) is 0. The largest absolute Gasteiger partial charge is 0.358 e. The number of hydrogen-bond acceptors (Lipinski definition) is 1. The van der Waals surface area contributed by atoms with Crippen molar-refractivity contribution in [1.82, 2.24) is 0 Å². The standard InChI is InChI=1S/C22H24OP2.CH3.Ni/c1-22(2,3)25(23)21-17-11-10-16-20(21)24(18-12-6-4-7-13-18)19-14-8-5-9-15-19;;/h4-17,25H,1-3H3;1H3;/q;-1;/p+1. The fraction of sp³-hybridized carbons (Fsp3) is 0.174. The first-order valence-corrected chi connectivity index (χ1v) is 11.5. The van der Waals surface area contributed by atoms with E-state index in [1.165, 1.54) is 15.9 Å². The topological polar surface area (TPSA) is 17.1 Å². The maximum absolute atomic E-state index is 13.3. The van der Waals surface area contributed by atoms with Gasteiger partial charge >= 0.3 is 0 Å². The Labute approximate surface area is 176 Å². The van der Waals surface area contributed by atoms with E-state index in [1.807, 2.05) is 6.07 Å². The molecule has 1 nitrogen and oxygen atoms in total. The van der Waals surface area contributed by atoms with Crippen molar-refractivity contribution in [2.45, 2.75) is 25.9 Å². The average Bonchev–Trinajstić information content (AvgIpc) is 2.63. The number of benzene rings is 3. The van der Waals surface area contributed by atoms with Crippen LogP contribution in [0.4, 0.5) is 0 Å². The monoisotopic (exact) mass is 440 g/mol. The van der Waals surface area contributed by atoms with Gasteiger partial charge in [0.05, 0.1) is 13.2 Å². The molecule has 0 fully saturated rings. The fourth-order valence-corrected chi connectivity index (χ4v) is 7.71. The van der Waals surface area contributed by atoms with Crippen molar-refractivity contribution in [3.05, 3.63) is 92.4 Å². The molecule has 0 amide bonds. The molecule has 0 aliphatic heterocycles. The number of rotatable bonds is 4. The van der Waals surface area contributed by atoms with E-state index in [1.54, 1.807) is 0 Å². The van der Waals surface area contributed by atoms with Gasteiger partial charge in [0.2, 0.25) is 0 Å². The molecule has 0 aromatic heterocycles. The average molecular weight is 441 g/mol. The molecule has 3 rings (SSSR count). The van der Waals surface area contributed by atoms with Crippen LogP contribution in [0.3, 0.4) is 0 Å². The third-order valence-corrected chi connectivity index (χ3v) is 9.58. The Morgan fingerprint density at radius 3 is 1.56 bits per heavy atom. The molecule has 1 unspecified atom stereocenters. The van der Waals surface area contributed by atoms with Gasteiger partial charge in [0, 0.05) is 21.6 Å². The van der Waals surface area contributed by atoms with E-state index in [9.17, 15) is 4.57 Å². The van der Waals surface area contributed by atoms with E-state index in [2.05, 4.69) is 99.6 Å². The molecule has 0 spiro atoms. The minimum absolute atomic E-state index is 0. The van der Waals surface area contributed by atoms with Gasteiger partial charge in [0.15, 0.2) is 0 Å². The molecular formula is C23H28NiOP2. The Morgan fingerprint density at radius 2 is 1.11 bits per heavy atom. The maximum atomic E-state index is 13.3. The summed E-state index contributed by atoms with van der Waals surface area (Å²) >= 11 is 0. The zero-order valence-electron chi connectivity index (χ0n) is 16.3. The van der Waals surface area contributed by atoms with E-state index in [0.717, 1.165) is 5.30 Å². The molecule has 0 N–H and O–H groups in total. The van der Waals surface area contributed by atoms with Crippen LogP contribution in [0.25, 0.3) is 0 Å². The molecule has 0 saturated heterocycles. The molecule has 27 heavy (non-hydrogen) atoms. The molecule has 0 aliphatic rings.